The molecule has 0 spiro atoms. The summed E-state index contributed by atoms with van der Waals surface area (Å²) in [5.74, 6) is 0.245. The van der Waals surface area contributed by atoms with E-state index in [1.165, 1.54) is 11.1 Å². The molecule has 4 heteroatoms. The number of rotatable bonds is 4. The molecule has 0 aliphatic heterocycles. The van der Waals surface area contributed by atoms with Gasteiger partial charge in [-0.1, -0.05) is 81.4 Å². The number of benzene rings is 4. The third-order valence-corrected chi connectivity index (χ3v) is 7.88. The van der Waals surface area contributed by atoms with E-state index >= 15 is 0 Å². The fourth-order valence-corrected chi connectivity index (χ4v) is 5.74. The minimum Gasteiger partial charge on any atom is -0.507 e. The van der Waals surface area contributed by atoms with E-state index in [0.29, 0.717) is 0 Å². The van der Waals surface area contributed by atoms with Crippen LogP contribution in [0, 0.1) is 0 Å². The number of hydrogen-bond acceptors (Lipinski definition) is 4. The number of aromatic hydroxyl groups is 1. The van der Waals surface area contributed by atoms with E-state index in [0.717, 1.165) is 48.7 Å². The number of thiazole rings is 1. The summed E-state index contributed by atoms with van der Waals surface area (Å²) < 4.78 is 1.09. The molecular formula is C34H28N2OS. The number of phenolic OH excluding ortho intramolecular Hbond substituents is 1. The summed E-state index contributed by atoms with van der Waals surface area (Å²) in [4.78, 5) is 9.78. The van der Waals surface area contributed by atoms with Crippen molar-refractivity contribution in [1.82, 2.24) is 9.97 Å². The van der Waals surface area contributed by atoms with Crippen LogP contribution in [-0.4, -0.2) is 15.1 Å². The van der Waals surface area contributed by atoms with E-state index in [1.807, 2.05) is 30.5 Å². The standard InChI is InChI=1S/C34H28N2OS/c1-34(2,3)26-19-24(18-25(20-26)29-21-23(16-17-35-29)22-10-5-4-6-11-22)27-13-9-15-31-32(27)36-33(38-31)28-12-7-8-14-30(28)37/h4-21,37H,1-3H3. The monoisotopic (exact) mass is 512 g/mol. The quantitative estimate of drug-likeness (QED) is 0.256. The largest absolute Gasteiger partial charge is 0.507 e. The molecule has 2 heterocycles. The van der Waals surface area contributed by atoms with Crippen LogP contribution in [-0.2, 0) is 5.41 Å². The Bertz CT molecular complexity index is 1760. The molecule has 6 aromatic rings. The smallest absolute Gasteiger partial charge is 0.128 e. The molecule has 0 fully saturated rings. The average molecular weight is 513 g/mol. The minimum atomic E-state index is -0.0429. The Balaban J connectivity index is 1.52. The highest BCUT2D eigenvalue weighted by molar-refractivity contribution is 7.21. The first-order chi connectivity index (χ1) is 18.4. The van der Waals surface area contributed by atoms with Gasteiger partial charge in [0, 0.05) is 17.3 Å². The molecule has 0 atom stereocenters. The van der Waals surface area contributed by atoms with Crippen LogP contribution in [0.4, 0.5) is 0 Å². The summed E-state index contributed by atoms with van der Waals surface area (Å²) in [6.45, 7) is 6.72. The number of nitrogens with zero attached hydrogens (tertiary/aromatic N) is 2. The van der Waals surface area contributed by atoms with E-state index in [9.17, 15) is 5.11 Å². The van der Waals surface area contributed by atoms with Crippen molar-refractivity contribution in [3.05, 3.63) is 115 Å². The average Bonchev–Trinajstić information content (AvgIpc) is 3.37. The van der Waals surface area contributed by atoms with Crippen molar-refractivity contribution in [2.75, 3.05) is 0 Å². The van der Waals surface area contributed by atoms with Gasteiger partial charge in [-0.25, -0.2) is 4.98 Å². The van der Waals surface area contributed by atoms with Crippen LogP contribution in [0.1, 0.15) is 26.3 Å². The summed E-state index contributed by atoms with van der Waals surface area (Å²) in [6.07, 6.45) is 1.89. The Labute approximate surface area is 227 Å². The van der Waals surface area contributed by atoms with Crippen LogP contribution < -0.4 is 0 Å². The zero-order chi connectivity index (χ0) is 26.3. The Kier molecular flexibility index (Phi) is 6.05. The van der Waals surface area contributed by atoms with E-state index in [-0.39, 0.29) is 11.2 Å². The molecule has 0 saturated heterocycles. The van der Waals surface area contributed by atoms with Crippen LogP contribution in [0.3, 0.4) is 0 Å². The highest BCUT2D eigenvalue weighted by Gasteiger charge is 2.19. The van der Waals surface area contributed by atoms with E-state index in [2.05, 4.69) is 93.6 Å². The molecule has 186 valence electrons. The van der Waals surface area contributed by atoms with Crippen molar-refractivity contribution < 1.29 is 5.11 Å². The predicted octanol–water partition coefficient (Wildman–Crippen LogP) is 9.36. The second-order valence-electron chi connectivity index (χ2n) is 10.5. The van der Waals surface area contributed by atoms with E-state index < -0.39 is 0 Å². The third kappa shape index (κ3) is 4.59. The van der Waals surface area contributed by atoms with Crippen molar-refractivity contribution in [1.29, 1.82) is 0 Å². The van der Waals surface area contributed by atoms with Crippen LogP contribution in [0.15, 0.2) is 109 Å². The lowest BCUT2D eigenvalue weighted by molar-refractivity contribution is 0.477. The predicted molar refractivity (Wildman–Crippen MR) is 160 cm³/mol. The first kappa shape index (κ1) is 24.1. The SMILES string of the molecule is CC(C)(C)c1cc(-c2cc(-c3ccccc3)ccn2)cc(-c2cccc3sc(-c4ccccc4O)nc23)c1. The molecule has 3 nitrogen and oxygen atoms in total. The Morgan fingerprint density at radius 3 is 2.18 bits per heavy atom. The number of aromatic nitrogens is 2. The molecular weight excluding hydrogens is 484 g/mol. The molecule has 6 rings (SSSR count). The summed E-state index contributed by atoms with van der Waals surface area (Å²) >= 11 is 1.60. The highest BCUT2D eigenvalue weighted by atomic mass is 32.1. The maximum absolute atomic E-state index is 10.4. The minimum absolute atomic E-state index is 0.0429. The second-order valence-corrected chi connectivity index (χ2v) is 11.6. The number of hydrogen-bond donors (Lipinski definition) is 1. The van der Waals surface area contributed by atoms with Crippen molar-refractivity contribution in [3.63, 3.8) is 0 Å². The van der Waals surface area contributed by atoms with Crippen molar-refractivity contribution in [2.45, 2.75) is 26.2 Å². The summed E-state index contributed by atoms with van der Waals surface area (Å²) in [6, 6.07) is 35.1. The maximum atomic E-state index is 10.4. The lowest BCUT2D eigenvalue weighted by Gasteiger charge is -2.21. The van der Waals surface area contributed by atoms with Gasteiger partial charge in [0.15, 0.2) is 0 Å². The molecule has 38 heavy (non-hydrogen) atoms. The number of pyridine rings is 1. The highest BCUT2D eigenvalue weighted by Crippen LogP contribution is 2.40. The van der Waals surface area contributed by atoms with Gasteiger partial charge in [-0.15, -0.1) is 11.3 Å². The molecule has 0 bridgehead atoms. The third-order valence-electron chi connectivity index (χ3n) is 6.83. The summed E-state index contributed by atoms with van der Waals surface area (Å²) in [5, 5.41) is 11.2. The Hall–Kier alpha value is -4.28. The number of fused-ring (bicyclic) bond motifs is 1. The lowest BCUT2D eigenvalue weighted by atomic mass is 9.83. The normalized spacial score (nSPS) is 11.7. The Morgan fingerprint density at radius 2 is 1.39 bits per heavy atom. The van der Waals surface area contributed by atoms with Gasteiger partial charge in [0.2, 0.25) is 0 Å². The van der Waals surface area contributed by atoms with Crippen LogP contribution in [0.2, 0.25) is 0 Å². The van der Waals surface area contributed by atoms with Crippen LogP contribution in [0.5, 0.6) is 5.75 Å². The molecule has 0 unspecified atom stereocenters. The Morgan fingerprint density at radius 1 is 0.658 bits per heavy atom. The maximum Gasteiger partial charge on any atom is 0.128 e. The molecule has 1 N–H and O–H groups in total. The van der Waals surface area contributed by atoms with Gasteiger partial charge < -0.3 is 5.11 Å². The van der Waals surface area contributed by atoms with Crippen molar-refractivity contribution in [2.24, 2.45) is 0 Å². The van der Waals surface area contributed by atoms with Gasteiger partial charge in [-0.05, 0) is 70.1 Å². The molecule has 4 aromatic carbocycles. The topological polar surface area (TPSA) is 46.0 Å². The zero-order valence-electron chi connectivity index (χ0n) is 21.6. The van der Waals surface area contributed by atoms with Crippen molar-refractivity contribution >= 4 is 21.6 Å². The van der Waals surface area contributed by atoms with Crippen LogP contribution >= 0.6 is 11.3 Å². The van der Waals surface area contributed by atoms with E-state index in [1.54, 1.807) is 17.4 Å². The molecule has 0 aliphatic rings. The molecule has 0 radical (unpaired) electrons. The molecule has 0 aliphatic carbocycles. The molecule has 0 saturated carbocycles. The van der Waals surface area contributed by atoms with E-state index in [4.69, 9.17) is 9.97 Å². The van der Waals surface area contributed by atoms with Gasteiger partial charge in [-0.3, -0.25) is 4.98 Å². The van der Waals surface area contributed by atoms with Gasteiger partial charge in [0.1, 0.15) is 10.8 Å². The number of phenols is 1. The van der Waals surface area contributed by atoms with Crippen molar-refractivity contribution in [3.8, 4) is 49.8 Å². The zero-order valence-corrected chi connectivity index (χ0v) is 22.5. The first-order valence-corrected chi connectivity index (χ1v) is 13.5. The summed E-state index contributed by atoms with van der Waals surface area (Å²) in [5.41, 5.74) is 9.43. The van der Waals surface area contributed by atoms with Gasteiger partial charge >= 0.3 is 0 Å². The lowest BCUT2D eigenvalue weighted by Crippen LogP contribution is -2.11. The van der Waals surface area contributed by atoms with Gasteiger partial charge in [0.25, 0.3) is 0 Å². The van der Waals surface area contributed by atoms with Crippen LogP contribution in [0.25, 0.3) is 54.3 Å². The second kappa shape index (κ2) is 9.55. The molecule has 2 aromatic heterocycles. The first-order valence-electron chi connectivity index (χ1n) is 12.7. The molecule has 0 amide bonds. The summed E-state index contributed by atoms with van der Waals surface area (Å²) in [7, 11) is 0. The van der Waals surface area contributed by atoms with Gasteiger partial charge in [0.05, 0.1) is 21.5 Å². The fraction of sp³-hybridized carbons (Fsp3) is 0.118. The fourth-order valence-electron chi connectivity index (χ4n) is 4.71. The number of para-hydroxylation sites is 2. The van der Waals surface area contributed by atoms with Gasteiger partial charge in [-0.2, -0.15) is 0 Å².